The SMILES string of the molecule is O=C(C#CCNC(=O)OCC1c2ccccc2-c2ccccc21)Nc1cc(F)c(C(=O)O)c(F)c1. The highest BCUT2D eigenvalue weighted by Crippen LogP contribution is 2.44. The van der Waals surface area contributed by atoms with Gasteiger partial charge in [-0.2, -0.15) is 0 Å². The highest BCUT2D eigenvalue weighted by Gasteiger charge is 2.28. The lowest BCUT2D eigenvalue weighted by molar-refractivity contribution is -0.111. The number of anilines is 1. The van der Waals surface area contributed by atoms with Crippen LogP contribution in [-0.2, 0) is 9.53 Å². The number of alkyl carbamates (subject to hydrolysis) is 1. The van der Waals surface area contributed by atoms with Crippen LogP contribution in [-0.4, -0.2) is 36.2 Å². The van der Waals surface area contributed by atoms with Crippen LogP contribution >= 0.6 is 0 Å². The quantitative estimate of drug-likeness (QED) is 0.480. The maximum absolute atomic E-state index is 13.7. The molecule has 0 saturated heterocycles. The van der Waals surface area contributed by atoms with Gasteiger partial charge in [-0.1, -0.05) is 54.5 Å². The Morgan fingerprint density at radius 1 is 0.943 bits per heavy atom. The van der Waals surface area contributed by atoms with Crippen LogP contribution in [0.25, 0.3) is 11.1 Å². The third kappa shape index (κ3) is 5.12. The highest BCUT2D eigenvalue weighted by molar-refractivity contribution is 6.04. The molecule has 0 radical (unpaired) electrons. The number of ether oxygens (including phenoxy) is 1. The Hall–Kier alpha value is -4.71. The van der Waals surface area contributed by atoms with Crippen LogP contribution in [0.5, 0.6) is 0 Å². The van der Waals surface area contributed by atoms with E-state index in [0.717, 1.165) is 22.3 Å². The van der Waals surface area contributed by atoms with E-state index < -0.39 is 35.2 Å². The maximum Gasteiger partial charge on any atom is 0.407 e. The Kier molecular flexibility index (Phi) is 6.73. The first-order valence-electron chi connectivity index (χ1n) is 10.5. The summed E-state index contributed by atoms with van der Waals surface area (Å²) in [5.74, 6) is -0.885. The van der Waals surface area contributed by atoms with E-state index in [0.29, 0.717) is 12.1 Å². The number of aromatic carboxylic acids is 1. The average molecular weight is 476 g/mol. The van der Waals surface area contributed by atoms with Gasteiger partial charge in [0.25, 0.3) is 5.91 Å². The molecule has 0 aliphatic heterocycles. The zero-order chi connectivity index (χ0) is 24.9. The van der Waals surface area contributed by atoms with E-state index in [2.05, 4.69) is 22.5 Å². The second kappa shape index (κ2) is 10.1. The van der Waals surface area contributed by atoms with Gasteiger partial charge in [-0.15, -0.1) is 0 Å². The summed E-state index contributed by atoms with van der Waals surface area (Å²) < 4.78 is 32.7. The Morgan fingerprint density at radius 2 is 1.51 bits per heavy atom. The number of halogens is 2. The molecular weight excluding hydrogens is 458 g/mol. The normalized spacial score (nSPS) is 11.5. The predicted molar refractivity (Wildman–Crippen MR) is 123 cm³/mol. The summed E-state index contributed by atoms with van der Waals surface area (Å²) in [6, 6.07) is 17.2. The van der Waals surface area contributed by atoms with Crippen molar-refractivity contribution >= 4 is 23.7 Å². The minimum atomic E-state index is -1.77. The Morgan fingerprint density at radius 3 is 2.09 bits per heavy atom. The van der Waals surface area contributed by atoms with Crippen LogP contribution in [0, 0.1) is 23.5 Å². The molecule has 3 aromatic rings. The van der Waals surface area contributed by atoms with E-state index in [1.165, 1.54) is 0 Å². The molecule has 7 nitrogen and oxygen atoms in total. The van der Waals surface area contributed by atoms with Crippen molar-refractivity contribution in [1.82, 2.24) is 5.32 Å². The fourth-order valence-electron chi connectivity index (χ4n) is 3.90. The zero-order valence-corrected chi connectivity index (χ0v) is 18.1. The van der Waals surface area contributed by atoms with Gasteiger partial charge in [0.1, 0.15) is 23.8 Å². The third-order valence-electron chi connectivity index (χ3n) is 5.38. The van der Waals surface area contributed by atoms with Crippen molar-refractivity contribution in [1.29, 1.82) is 0 Å². The Bertz CT molecular complexity index is 1330. The number of nitrogens with one attached hydrogen (secondary N) is 2. The molecule has 2 amide bonds. The lowest BCUT2D eigenvalue weighted by Crippen LogP contribution is -2.26. The number of carbonyl (C=O) groups excluding carboxylic acids is 2. The van der Waals surface area contributed by atoms with Gasteiger partial charge in [-0.25, -0.2) is 18.4 Å². The van der Waals surface area contributed by atoms with Gasteiger partial charge in [-0.3, -0.25) is 4.79 Å². The predicted octanol–water partition coefficient (Wildman–Crippen LogP) is 4.14. The van der Waals surface area contributed by atoms with Crippen LogP contribution in [0.15, 0.2) is 60.7 Å². The van der Waals surface area contributed by atoms with Crippen molar-refractivity contribution < 1.29 is 33.0 Å². The molecule has 3 aromatic carbocycles. The number of rotatable bonds is 5. The van der Waals surface area contributed by atoms with E-state index in [9.17, 15) is 23.2 Å². The molecule has 3 N–H and O–H groups in total. The van der Waals surface area contributed by atoms with Gasteiger partial charge in [0.05, 0.1) is 6.54 Å². The molecule has 0 aromatic heterocycles. The standard InChI is InChI=1S/C26H18F2N2O5/c27-21-12-15(13-22(28)24(21)25(32)33)30-23(31)10-5-11-29-26(34)35-14-20-18-8-3-1-6-16(18)17-7-2-4-9-19(17)20/h1-4,6-9,12-13,20H,11,14H2,(H,29,34)(H,30,31)(H,32,33). The molecule has 176 valence electrons. The van der Waals surface area contributed by atoms with E-state index >= 15 is 0 Å². The summed E-state index contributed by atoms with van der Waals surface area (Å²) in [5, 5.41) is 13.3. The topological polar surface area (TPSA) is 105 Å². The lowest BCUT2D eigenvalue weighted by Gasteiger charge is -2.14. The molecule has 0 atom stereocenters. The Labute approximate surface area is 198 Å². The summed E-state index contributed by atoms with van der Waals surface area (Å²) in [6.07, 6.45) is -0.713. The van der Waals surface area contributed by atoms with Crippen LogP contribution in [0.3, 0.4) is 0 Å². The second-order valence-electron chi connectivity index (χ2n) is 7.56. The van der Waals surface area contributed by atoms with Crippen LogP contribution in [0.1, 0.15) is 27.4 Å². The molecule has 1 aliphatic rings. The fourth-order valence-corrected chi connectivity index (χ4v) is 3.90. The fraction of sp³-hybridized carbons (Fsp3) is 0.115. The van der Waals surface area contributed by atoms with E-state index in [-0.39, 0.29) is 24.8 Å². The summed E-state index contributed by atoms with van der Waals surface area (Å²) >= 11 is 0. The first kappa shape index (κ1) is 23.4. The number of carboxylic acids is 1. The molecule has 35 heavy (non-hydrogen) atoms. The van der Waals surface area contributed by atoms with Crippen molar-refractivity contribution in [3.63, 3.8) is 0 Å². The summed E-state index contributed by atoms with van der Waals surface area (Å²) in [4.78, 5) is 34.7. The number of carboxylic acid groups (broad SMARTS) is 1. The summed E-state index contributed by atoms with van der Waals surface area (Å²) in [7, 11) is 0. The number of fused-ring (bicyclic) bond motifs is 3. The number of hydrogen-bond donors (Lipinski definition) is 3. The van der Waals surface area contributed by atoms with E-state index in [4.69, 9.17) is 9.84 Å². The molecule has 0 spiro atoms. The minimum Gasteiger partial charge on any atom is -0.477 e. The molecule has 0 saturated carbocycles. The third-order valence-corrected chi connectivity index (χ3v) is 5.38. The molecular formula is C26H18F2N2O5. The molecule has 0 heterocycles. The second-order valence-corrected chi connectivity index (χ2v) is 7.56. The summed E-state index contributed by atoms with van der Waals surface area (Å²) in [6.45, 7) is -0.0813. The average Bonchev–Trinajstić information content (AvgIpc) is 3.13. The van der Waals surface area contributed by atoms with Gasteiger partial charge in [-0.05, 0) is 40.3 Å². The minimum absolute atomic E-state index is 0.0988. The van der Waals surface area contributed by atoms with Crippen LogP contribution < -0.4 is 10.6 Å². The van der Waals surface area contributed by atoms with E-state index in [1.54, 1.807) is 0 Å². The lowest BCUT2D eigenvalue weighted by atomic mass is 9.98. The Balaban J connectivity index is 1.28. The smallest absolute Gasteiger partial charge is 0.407 e. The van der Waals surface area contributed by atoms with Gasteiger partial charge in [0.2, 0.25) is 0 Å². The number of benzene rings is 3. The molecule has 0 unspecified atom stereocenters. The number of carbonyl (C=O) groups is 3. The molecule has 1 aliphatic carbocycles. The molecule has 4 rings (SSSR count). The maximum atomic E-state index is 13.7. The van der Waals surface area contributed by atoms with Crippen molar-refractivity contribution in [3.05, 3.63) is 89.0 Å². The van der Waals surface area contributed by atoms with Crippen LogP contribution in [0.4, 0.5) is 19.3 Å². The molecule has 0 fully saturated rings. The molecule has 0 bridgehead atoms. The van der Waals surface area contributed by atoms with Crippen LogP contribution in [0.2, 0.25) is 0 Å². The van der Waals surface area contributed by atoms with E-state index in [1.807, 2.05) is 48.5 Å². The zero-order valence-electron chi connectivity index (χ0n) is 18.1. The van der Waals surface area contributed by atoms with Gasteiger partial charge < -0.3 is 20.5 Å². The van der Waals surface area contributed by atoms with Crippen molar-refractivity contribution in [3.8, 4) is 23.0 Å². The monoisotopic (exact) mass is 476 g/mol. The summed E-state index contributed by atoms with van der Waals surface area (Å²) in [5.41, 5.74) is 2.93. The molecule has 9 heteroatoms. The number of amides is 2. The van der Waals surface area contributed by atoms with Gasteiger partial charge in [0.15, 0.2) is 0 Å². The van der Waals surface area contributed by atoms with Gasteiger partial charge >= 0.3 is 12.1 Å². The van der Waals surface area contributed by atoms with Crippen molar-refractivity contribution in [2.24, 2.45) is 0 Å². The highest BCUT2D eigenvalue weighted by atomic mass is 19.1. The van der Waals surface area contributed by atoms with Gasteiger partial charge in [0, 0.05) is 11.6 Å². The number of hydrogen-bond acceptors (Lipinski definition) is 4. The first-order chi connectivity index (χ1) is 16.8. The first-order valence-corrected chi connectivity index (χ1v) is 10.5. The van der Waals surface area contributed by atoms with Crippen molar-refractivity contribution in [2.45, 2.75) is 5.92 Å². The largest absolute Gasteiger partial charge is 0.477 e. The van der Waals surface area contributed by atoms with Crippen molar-refractivity contribution in [2.75, 3.05) is 18.5 Å².